The first kappa shape index (κ1) is 46.2. The summed E-state index contributed by atoms with van der Waals surface area (Å²) in [6.07, 6.45) is 9.69. The minimum absolute atomic E-state index is 0.130. The molecule has 1 aliphatic carbocycles. The fraction of sp³-hybridized carbons (Fsp3) is 0.463. The van der Waals surface area contributed by atoms with Gasteiger partial charge in [-0.15, -0.1) is 0 Å². The third-order valence-electron chi connectivity index (χ3n) is 16.4. The first-order chi connectivity index (χ1) is 34.7. The van der Waals surface area contributed by atoms with Crippen LogP contribution in [0.3, 0.4) is 0 Å². The van der Waals surface area contributed by atoms with Gasteiger partial charge in [0.1, 0.15) is 41.4 Å². The third-order valence-corrected chi connectivity index (χ3v) is 16.4. The van der Waals surface area contributed by atoms with Crippen LogP contribution in [0.4, 0.5) is 23.0 Å². The van der Waals surface area contributed by atoms with Gasteiger partial charge in [-0.25, -0.2) is 9.97 Å². The van der Waals surface area contributed by atoms with Crippen LogP contribution in [0.5, 0.6) is 5.75 Å². The summed E-state index contributed by atoms with van der Waals surface area (Å²) < 4.78 is 10.3. The number of carbonyl (C=O) groups excluding carboxylic acids is 4. The summed E-state index contributed by atoms with van der Waals surface area (Å²) in [5, 5.41) is 16.5. The molecule has 6 aliphatic heterocycles. The van der Waals surface area contributed by atoms with Crippen molar-refractivity contribution in [2.75, 3.05) is 54.4 Å². The first-order valence-electron chi connectivity index (χ1n) is 25.4. The molecule has 374 valence electrons. The maximum atomic E-state index is 14.0. The van der Waals surface area contributed by atoms with E-state index < -0.39 is 11.9 Å². The van der Waals surface area contributed by atoms with E-state index >= 15 is 0 Å². The zero-order valence-corrected chi connectivity index (χ0v) is 41.3. The van der Waals surface area contributed by atoms with Gasteiger partial charge in [0.15, 0.2) is 0 Å². The monoisotopic (exact) mass is 975 g/mol. The lowest BCUT2D eigenvalue weighted by atomic mass is 9.90. The molecule has 3 fully saturated rings. The number of ether oxygens (including phenoxy) is 1. The maximum absolute atomic E-state index is 14.0. The number of amides is 4. The Balaban J connectivity index is 0.686. The molecule has 18 heteroatoms. The highest BCUT2D eigenvalue weighted by Crippen LogP contribution is 2.42. The number of aliphatic hydroxyl groups is 1. The molecule has 5 aromatic rings. The van der Waals surface area contributed by atoms with Crippen LogP contribution in [0.15, 0.2) is 65.8 Å². The van der Waals surface area contributed by atoms with Crippen molar-refractivity contribution in [2.45, 2.75) is 110 Å². The van der Waals surface area contributed by atoms with E-state index in [1.54, 1.807) is 35.3 Å². The van der Waals surface area contributed by atoms with E-state index in [1.165, 1.54) is 15.8 Å². The molecule has 0 bridgehead atoms. The molecule has 0 radical (unpaired) electrons. The SMILES string of the molecule is C[C@H]1CN([C@H]2CCN3Cc4ccc5c(c4OC[C@H]3C2)CN(C2CCC(=O)NC2=O)C5=O)CCN1c1ccc(Nc2cc(-c3ccnc(N4CCn5c(cc6c5CC(C)(C)C6)C4=O)c3CO)cn(C)c2=O)nc1. The normalized spacial score (nSPS) is 24.0. The Morgan fingerprint density at radius 2 is 1.72 bits per heavy atom. The number of piperidine rings is 2. The van der Waals surface area contributed by atoms with Crippen LogP contribution in [0, 0.1) is 5.41 Å². The number of benzene rings is 1. The van der Waals surface area contributed by atoms with E-state index in [1.807, 2.05) is 42.6 Å². The van der Waals surface area contributed by atoms with Gasteiger partial charge >= 0.3 is 0 Å². The number of hydrogen-bond donors (Lipinski definition) is 3. The summed E-state index contributed by atoms with van der Waals surface area (Å²) >= 11 is 0. The average molecular weight is 976 g/mol. The standard InChI is InChI=1S/C54H61N11O7/c1-31-25-61(35-12-14-60-27-32-5-7-39-40(48(32)72-30-37(60)21-35)28-65(51(39)69)43-8-10-47(67)58-50(43)68)15-16-62(31)36-6-9-46(56-24-36)57-42-19-34(26-59(4)52(42)70)38-11-13-55-49(41(38)29-66)64-18-17-63-44(53(64)71)20-33-22-54(2,3)23-45(33)63/h5-7,9,11,13,19-20,24,26,31,35,37,43,66H,8,10,12,14-18,21-23,25,27-30H2,1-4H3,(H,56,57)(H,58,67,68)/t31-,35-,37+,43?/m0/s1. The van der Waals surface area contributed by atoms with E-state index in [0.717, 1.165) is 81.0 Å². The number of aliphatic hydroxyl groups excluding tert-OH is 1. The maximum Gasteiger partial charge on any atom is 0.276 e. The van der Waals surface area contributed by atoms with E-state index in [9.17, 15) is 29.1 Å². The molecule has 4 amide bonds. The summed E-state index contributed by atoms with van der Waals surface area (Å²) in [6, 6.07) is 13.6. The van der Waals surface area contributed by atoms with Gasteiger partial charge in [0.2, 0.25) is 11.8 Å². The lowest BCUT2D eigenvalue weighted by molar-refractivity contribution is -0.136. The lowest BCUT2D eigenvalue weighted by Gasteiger charge is -2.48. The second kappa shape index (κ2) is 17.7. The van der Waals surface area contributed by atoms with Crippen molar-refractivity contribution in [3.8, 4) is 16.9 Å². The molecule has 10 heterocycles. The van der Waals surface area contributed by atoms with Crippen LogP contribution in [0.2, 0.25) is 0 Å². The van der Waals surface area contributed by atoms with E-state index in [0.29, 0.717) is 84.0 Å². The highest BCUT2D eigenvalue weighted by molar-refractivity contribution is 6.07. The molecule has 1 aromatic carbocycles. The van der Waals surface area contributed by atoms with Crippen LogP contribution in [-0.2, 0) is 55.7 Å². The predicted octanol–water partition coefficient (Wildman–Crippen LogP) is 4.36. The van der Waals surface area contributed by atoms with Crippen LogP contribution in [-0.4, -0.2) is 126 Å². The number of pyridine rings is 3. The Hall–Kier alpha value is -6.89. The Labute approximate surface area is 417 Å². The van der Waals surface area contributed by atoms with Crippen LogP contribution >= 0.6 is 0 Å². The molecule has 72 heavy (non-hydrogen) atoms. The zero-order chi connectivity index (χ0) is 49.7. The fourth-order valence-electron chi connectivity index (χ4n) is 12.8. The molecule has 4 aromatic heterocycles. The predicted molar refractivity (Wildman–Crippen MR) is 269 cm³/mol. The van der Waals surface area contributed by atoms with Crippen molar-refractivity contribution >= 4 is 46.6 Å². The highest BCUT2D eigenvalue weighted by atomic mass is 16.5. The summed E-state index contributed by atoms with van der Waals surface area (Å²) in [4.78, 5) is 85.9. The van der Waals surface area contributed by atoms with E-state index in [4.69, 9.17) is 9.72 Å². The van der Waals surface area contributed by atoms with Crippen molar-refractivity contribution in [1.29, 1.82) is 0 Å². The quantitative estimate of drug-likeness (QED) is 0.186. The molecule has 3 saturated heterocycles. The number of piperazine rings is 1. The number of nitrogens with zero attached hydrogens (tertiary/aromatic N) is 9. The van der Waals surface area contributed by atoms with Gasteiger partial charge in [0, 0.05) is 123 Å². The van der Waals surface area contributed by atoms with Crippen molar-refractivity contribution in [3.63, 3.8) is 0 Å². The number of carbonyl (C=O) groups is 4. The molecule has 18 nitrogen and oxygen atoms in total. The zero-order valence-electron chi connectivity index (χ0n) is 41.3. The van der Waals surface area contributed by atoms with Gasteiger partial charge < -0.3 is 34.1 Å². The molecule has 0 saturated carbocycles. The Morgan fingerprint density at radius 3 is 2.51 bits per heavy atom. The molecule has 7 aliphatic rings. The number of hydrogen-bond acceptors (Lipinski definition) is 13. The van der Waals surface area contributed by atoms with Crippen molar-refractivity contribution < 1.29 is 29.0 Å². The van der Waals surface area contributed by atoms with Gasteiger partial charge in [-0.1, -0.05) is 19.9 Å². The van der Waals surface area contributed by atoms with Gasteiger partial charge in [-0.2, -0.15) is 0 Å². The molecule has 0 spiro atoms. The number of nitrogens with one attached hydrogen (secondary N) is 2. The summed E-state index contributed by atoms with van der Waals surface area (Å²) in [5.74, 6) is 0.672. The fourth-order valence-corrected chi connectivity index (χ4v) is 12.8. The smallest absolute Gasteiger partial charge is 0.276 e. The van der Waals surface area contributed by atoms with Crippen molar-refractivity contribution in [1.82, 2.24) is 39.1 Å². The molecular formula is C54H61N11O7. The number of fused-ring (bicyclic) bond motifs is 7. The summed E-state index contributed by atoms with van der Waals surface area (Å²) in [5.41, 5.74) is 8.78. The minimum atomic E-state index is -0.667. The lowest BCUT2D eigenvalue weighted by Crippen LogP contribution is -2.58. The minimum Gasteiger partial charge on any atom is -0.491 e. The molecular weight excluding hydrogens is 915 g/mol. The molecule has 1 unspecified atom stereocenters. The number of rotatable bonds is 8. The van der Waals surface area contributed by atoms with E-state index in [-0.39, 0.29) is 53.8 Å². The van der Waals surface area contributed by atoms with Crippen LogP contribution in [0.25, 0.3) is 11.1 Å². The first-order valence-corrected chi connectivity index (χ1v) is 25.4. The number of aromatic nitrogens is 4. The van der Waals surface area contributed by atoms with Crippen LogP contribution in [0.1, 0.15) is 95.2 Å². The van der Waals surface area contributed by atoms with Gasteiger partial charge in [-0.05, 0) is 92.0 Å². The number of anilines is 4. The second-order valence-electron chi connectivity index (χ2n) is 21.7. The Kier molecular flexibility index (Phi) is 11.4. The summed E-state index contributed by atoms with van der Waals surface area (Å²) in [6.45, 7) is 12.7. The Morgan fingerprint density at radius 1 is 0.861 bits per heavy atom. The van der Waals surface area contributed by atoms with Crippen molar-refractivity contribution in [3.05, 3.63) is 111 Å². The molecule has 3 N–H and O–H groups in total. The average Bonchev–Trinajstić information content (AvgIpc) is 3.93. The van der Waals surface area contributed by atoms with E-state index in [2.05, 4.69) is 55.7 Å². The molecule has 12 rings (SSSR count). The summed E-state index contributed by atoms with van der Waals surface area (Å²) in [7, 11) is 1.70. The van der Waals surface area contributed by atoms with Gasteiger partial charge in [0.05, 0.1) is 25.0 Å². The highest BCUT2D eigenvalue weighted by Gasteiger charge is 2.43. The topological polar surface area (TPSA) is 191 Å². The van der Waals surface area contributed by atoms with Gasteiger partial charge in [0.25, 0.3) is 17.4 Å². The molecule has 4 atom stereocenters. The van der Waals surface area contributed by atoms with Crippen LogP contribution < -0.4 is 30.7 Å². The number of imide groups is 1. The number of aryl methyl sites for hydroxylation is 1. The van der Waals surface area contributed by atoms with Gasteiger partial charge in [-0.3, -0.25) is 44.0 Å². The Bertz CT molecular complexity index is 3130. The largest absolute Gasteiger partial charge is 0.491 e. The second-order valence-corrected chi connectivity index (χ2v) is 21.7. The third kappa shape index (κ3) is 7.94. The van der Waals surface area contributed by atoms with Crippen molar-refractivity contribution in [2.24, 2.45) is 12.5 Å².